The molecule has 2 rings (SSSR count). The lowest BCUT2D eigenvalue weighted by molar-refractivity contribution is -0.148. The van der Waals surface area contributed by atoms with Crippen molar-refractivity contribution in [2.75, 3.05) is 0 Å². The van der Waals surface area contributed by atoms with Gasteiger partial charge in [-0.1, -0.05) is 107 Å². The first-order valence-electron chi connectivity index (χ1n) is 13.1. The molecule has 2 aromatic carbocycles. The maximum absolute atomic E-state index is 13.4. The Hall–Kier alpha value is -3.02. The molecule has 0 bridgehead atoms. The Kier molecular flexibility index (Phi) is 7.90. The van der Waals surface area contributed by atoms with Crippen molar-refractivity contribution in [3.63, 3.8) is 0 Å². The van der Waals surface area contributed by atoms with Gasteiger partial charge < -0.3 is 20.4 Å². The van der Waals surface area contributed by atoms with E-state index in [1.165, 1.54) is 0 Å². The van der Waals surface area contributed by atoms with Gasteiger partial charge in [-0.25, -0.2) is 0 Å². The van der Waals surface area contributed by atoms with Crippen molar-refractivity contribution < 1.29 is 30.0 Å². The van der Waals surface area contributed by atoms with Gasteiger partial charge in [-0.05, 0) is 55.0 Å². The lowest BCUT2D eigenvalue weighted by Crippen LogP contribution is -2.40. The second-order valence-electron chi connectivity index (χ2n) is 14.6. The first-order valence-corrected chi connectivity index (χ1v) is 13.1. The summed E-state index contributed by atoms with van der Waals surface area (Å²) < 4.78 is 0. The molecule has 0 fully saturated rings. The summed E-state index contributed by atoms with van der Waals surface area (Å²) >= 11 is 0. The molecule has 0 atom stereocenters. The van der Waals surface area contributed by atoms with Crippen LogP contribution in [-0.4, -0.2) is 32.4 Å². The van der Waals surface area contributed by atoms with E-state index in [0.29, 0.717) is 22.3 Å². The SMILES string of the molecule is CC(C)(C)c1cc(C(CC(=O)O)(C(=O)O)c2cc(C(C)(C)C)c(O)c(C(C)(C)C)c2)cc(C(C)(C)C)c1O. The normalized spacial score (nSPS) is 13.5. The minimum atomic E-state index is -1.98. The molecule has 6 heteroatoms. The summed E-state index contributed by atoms with van der Waals surface area (Å²) in [6.45, 7) is 23.1. The standard InChI is InChI=1S/C32H46O6/c1-28(2,3)20-13-18(14-21(25(20)35)29(4,5)6)32(27(37)38,17-24(33)34)19-15-22(30(7,8)9)26(36)23(16-19)31(10,11)12/h13-16,35-36H,17H2,1-12H3,(H,33,34)(H,37,38). The summed E-state index contributed by atoms with van der Waals surface area (Å²) in [7, 11) is 0. The highest BCUT2D eigenvalue weighted by Gasteiger charge is 2.47. The van der Waals surface area contributed by atoms with Crippen LogP contribution in [0.1, 0.15) is 123 Å². The molecule has 0 aliphatic rings. The zero-order valence-corrected chi connectivity index (χ0v) is 25.1. The topological polar surface area (TPSA) is 115 Å². The van der Waals surface area contributed by atoms with Crippen LogP contribution in [0.4, 0.5) is 0 Å². The molecular weight excluding hydrogens is 480 g/mol. The van der Waals surface area contributed by atoms with Crippen molar-refractivity contribution in [3.8, 4) is 11.5 Å². The lowest BCUT2D eigenvalue weighted by Gasteiger charge is -2.36. The van der Waals surface area contributed by atoms with Crippen molar-refractivity contribution in [1.29, 1.82) is 0 Å². The monoisotopic (exact) mass is 526 g/mol. The van der Waals surface area contributed by atoms with E-state index in [-0.39, 0.29) is 22.6 Å². The van der Waals surface area contributed by atoms with Crippen LogP contribution in [0.15, 0.2) is 24.3 Å². The maximum atomic E-state index is 13.4. The van der Waals surface area contributed by atoms with Crippen molar-refractivity contribution in [1.82, 2.24) is 0 Å². The number of phenols is 2. The molecule has 0 unspecified atom stereocenters. The Balaban J connectivity index is 3.27. The van der Waals surface area contributed by atoms with Gasteiger partial charge in [-0.15, -0.1) is 0 Å². The maximum Gasteiger partial charge on any atom is 0.319 e. The molecule has 2 aromatic rings. The van der Waals surface area contributed by atoms with Gasteiger partial charge in [0.2, 0.25) is 0 Å². The molecule has 0 saturated heterocycles. The fraction of sp³-hybridized carbons (Fsp3) is 0.562. The Morgan fingerprint density at radius 1 is 0.553 bits per heavy atom. The Labute approximate surface area is 227 Å². The third-order valence-electron chi connectivity index (χ3n) is 7.22. The molecule has 0 heterocycles. The number of aromatic hydroxyl groups is 2. The molecule has 38 heavy (non-hydrogen) atoms. The first-order chi connectivity index (χ1) is 16.8. The van der Waals surface area contributed by atoms with E-state index in [1.807, 2.05) is 83.1 Å². The van der Waals surface area contributed by atoms with Gasteiger partial charge in [-0.3, -0.25) is 9.59 Å². The molecule has 210 valence electrons. The van der Waals surface area contributed by atoms with Crippen molar-refractivity contribution >= 4 is 11.9 Å². The Morgan fingerprint density at radius 3 is 0.947 bits per heavy atom. The van der Waals surface area contributed by atoms with Gasteiger partial charge in [0.05, 0.1) is 6.42 Å². The first kappa shape index (κ1) is 31.2. The molecule has 6 nitrogen and oxygen atoms in total. The van der Waals surface area contributed by atoms with Gasteiger partial charge in [0.15, 0.2) is 0 Å². The fourth-order valence-electron chi connectivity index (χ4n) is 4.97. The zero-order valence-electron chi connectivity index (χ0n) is 25.1. The Morgan fingerprint density at radius 2 is 0.789 bits per heavy atom. The van der Waals surface area contributed by atoms with Gasteiger partial charge in [0.1, 0.15) is 16.9 Å². The summed E-state index contributed by atoms with van der Waals surface area (Å²) in [5.74, 6) is -2.41. The average Bonchev–Trinajstić information content (AvgIpc) is 2.68. The minimum Gasteiger partial charge on any atom is -0.507 e. The molecule has 0 aliphatic carbocycles. The molecule has 0 aliphatic heterocycles. The van der Waals surface area contributed by atoms with E-state index < -0.39 is 45.4 Å². The van der Waals surface area contributed by atoms with Crippen LogP contribution in [0.3, 0.4) is 0 Å². The number of hydrogen-bond donors (Lipinski definition) is 4. The summed E-state index contributed by atoms with van der Waals surface area (Å²) in [6, 6.07) is 6.56. The number of aliphatic carboxylic acids is 2. The predicted octanol–water partition coefficient (Wildman–Crippen LogP) is 7.13. The highest BCUT2D eigenvalue weighted by molar-refractivity contribution is 5.91. The highest BCUT2D eigenvalue weighted by atomic mass is 16.4. The van der Waals surface area contributed by atoms with E-state index in [0.717, 1.165) is 0 Å². The minimum absolute atomic E-state index is 0.0832. The molecular formula is C32H46O6. The third-order valence-corrected chi connectivity index (χ3v) is 7.22. The van der Waals surface area contributed by atoms with Gasteiger partial charge in [-0.2, -0.15) is 0 Å². The fourth-order valence-corrected chi connectivity index (χ4v) is 4.97. The van der Waals surface area contributed by atoms with Crippen molar-refractivity contribution in [3.05, 3.63) is 57.6 Å². The quantitative estimate of drug-likeness (QED) is 0.329. The van der Waals surface area contributed by atoms with Gasteiger partial charge >= 0.3 is 11.9 Å². The highest BCUT2D eigenvalue weighted by Crippen LogP contribution is 2.48. The second-order valence-corrected chi connectivity index (χ2v) is 14.6. The number of hydrogen-bond acceptors (Lipinski definition) is 4. The van der Waals surface area contributed by atoms with Gasteiger partial charge in [0.25, 0.3) is 0 Å². The van der Waals surface area contributed by atoms with Crippen LogP contribution in [0.25, 0.3) is 0 Å². The number of carbonyl (C=O) groups is 2. The van der Waals surface area contributed by atoms with E-state index in [9.17, 15) is 30.0 Å². The summed E-state index contributed by atoms with van der Waals surface area (Å²) in [6.07, 6.45) is -0.710. The molecule has 0 radical (unpaired) electrons. The van der Waals surface area contributed by atoms with Crippen molar-refractivity contribution in [2.45, 2.75) is 117 Å². The third kappa shape index (κ3) is 5.84. The van der Waals surface area contributed by atoms with Crippen LogP contribution < -0.4 is 0 Å². The summed E-state index contributed by atoms with van der Waals surface area (Å²) in [4.78, 5) is 25.7. The van der Waals surface area contributed by atoms with Crippen LogP contribution in [-0.2, 0) is 36.7 Å². The molecule has 0 spiro atoms. The number of rotatable bonds is 5. The van der Waals surface area contributed by atoms with Crippen LogP contribution in [0.5, 0.6) is 11.5 Å². The Bertz CT molecular complexity index is 1090. The number of phenolic OH excluding ortho intramolecular Hbond substituents is 2. The van der Waals surface area contributed by atoms with E-state index in [2.05, 4.69) is 0 Å². The van der Waals surface area contributed by atoms with Crippen LogP contribution in [0.2, 0.25) is 0 Å². The van der Waals surface area contributed by atoms with E-state index in [1.54, 1.807) is 24.3 Å². The molecule has 0 aromatic heterocycles. The lowest BCUT2D eigenvalue weighted by atomic mass is 9.66. The van der Waals surface area contributed by atoms with Crippen molar-refractivity contribution in [2.24, 2.45) is 0 Å². The number of benzene rings is 2. The van der Waals surface area contributed by atoms with E-state index >= 15 is 0 Å². The van der Waals surface area contributed by atoms with Gasteiger partial charge in [0, 0.05) is 0 Å². The summed E-state index contributed by atoms with van der Waals surface area (Å²) in [5, 5.41) is 43.6. The zero-order chi connectivity index (χ0) is 29.8. The number of carboxylic acids is 2. The smallest absolute Gasteiger partial charge is 0.319 e. The van der Waals surface area contributed by atoms with Crippen LogP contribution in [0, 0.1) is 0 Å². The molecule has 4 N–H and O–H groups in total. The average molecular weight is 527 g/mol. The summed E-state index contributed by atoms with van der Waals surface area (Å²) in [5.41, 5.74) is -1.42. The molecule has 0 amide bonds. The molecule has 0 saturated carbocycles. The predicted molar refractivity (Wildman–Crippen MR) is 152 cm³/mol. The number of carboxylic acid groups (broad SMARTS) is 2. The van der Waals surface area contributed by atoms with Crippen LogP contribution >= 0.6 is 0 Å². The largest absolute Gasteiger partial charge is 0.507 e. The van der Waals surface area contributed by atoms with E-state index in [4.69, 9.17) is 0 Å². The second kappa shape index (κ2) is 9.62.